The van der Waals surface area contributed by atoms with Crippen molar-refractivity contribution in [3.8, 4) is 0 Å². The molecule has 0 saturated carbocycles. The molecule has 2 aliphatic rings. The lowest BCUT2D eigenvalue weighted by Crippen LogP contribution is -2.52. The van der Waals surface area contributed by atoms with Crippen LogP contribution in [-0.2, 0) is 6.54 Å². The Kier molecular flexibility index (Phi) is 5.79. The number of halogens is 1. The molecule has 2 aliphatic heterocycles. The van der Waals surface area contributed by atoms with E-state index in [9.17, 15) is 4.79 Å². The van der Waals surface area contributed by atoms with Gasteiger partial charge in [0, 0.05) is 30.7 Å². The van der Waals surface area contributed by atoms with Crippen molar-refractivity contribution in [3.63, 3.8) is 0 Å². The molecule has 2 amide bonds. The first-order valence-corrected chi connectivity index (χ1v) is 9.11. The Labute approximate surface area is 143 Å². The average molecular weight is 336 g/mol. The maximum absolute atomic E-state index is 12.6. The summed E-state index contributed by atoms with van der Waals surface area (Å²) in [5.41, 5.74) is 1.08. The van der Waals surface area contributed by atoms with Crippen molar-refractivity contribution in [1.29, 1.82) is 0 Å². The van der Waals surface area contributed by atoms with Gasteiger partial charge in [-0.25, -0.2) is 4.79 Å². The number of nitrogens with one attached hydrogen (secondary N) is 1. The van der Waals surface area contributed by atoms with Gasteiger partial charge in [-0.3, -0.25) is 0 Å². The highest BCUT2D eigenvalue weighted by molar-refractivity contribution is 6.30. The number of amides is 2. The van der Waals surface area contributed by atoms with Crippen LogP contribution in [0.5, 0.6) is 0 Å². The lowest BCUT2D eigenvalue weighted by atomic mass is 10.0. The van der Waals surface area contributed by atoms with E-state index in [-0.39, 0.29) is 6.03 Å². The topological polar surface area (TPSA) is 35.6 Å². The summed E-state index contributed by atoms with van der Waals surface area (Å²) in [7, 11) is 0. The molecular formula is C18H26ClN3O. The minimum atomic E-state index is 0.0730. The van der Waals surface area contributed by atoms with Crippen LogP contribution < -0.4 is 5.32 Å². The molecule has 2 saturated heterocycles. The zero-order valence-corrected chi connectivity index (χ0v) is 14.4. The summed E-state index contributed by atoms with van der Waals surface area (Å²) in [5, 5.41) is 3.79. The Balaban J connectivity index is 1.53. The number of rotatable bonds is 4. The SMILES string of the molecule is O=C(NCc1ccc(Cl)cc1)N1CCCC[C@H]1CN1CCCC1. The minimum Gasteiger partial charge on any atom is -0.334 e. The first kappa shape index (κ1) is 16.6. The second-order valence-corrected chi connectivity index (χ2v) is 7.07. The van der Waals surface area contributed by atoms with Gasteiger partial charge >= 0.3 is 6.03 Å². The lowest BCUT2D eigenvalue weighted by Gasteiger charge is -2.37. The molecule has 1 aromatic rings. The third-order valence-corrected chi connectivity index (χ3v) is 5.16. The predicted molar refractivity (Wildman–Crippen MR) is 93.7 cm³/mol. The van der Waals surface area contributed by atoms with Crippen molar-refractivity contribution < 1.29 is 4.79 Å². The summed E-state index contributed by atoms with van der Waals surface area (Å²) in [6.45, 7) is 4.86. The molecule has 2 fully saturated rings. The predicted octanol–water partition coefficient (Wildman–Crippen LogP) is 3.50. The number of hydrogen-bond donors (Lipinski definition) is 1. The van der Waals surface area contributed by atoms with Crippen LogP contribution in [0.2, 0.25) is 5.02 Å². The summed E-state index contributed by atoms with van der Waals surface area (Å²) < 4.78 is 0. The third-order valence-electron chi connectivity index (χ3n) is 4.91. The van der Waals surface area contributed by atoms with Gasteiger partial charge in [0.25, 0.3) is 0 Å². The van der Waals surface area contributed by atoms with Crippen molar-refractivity contribution in [2.24, 2.45) is 0 Å². The quantitative estimate of drug-likeness (QED) is 0.914. The van der Waals surface area contributed by atoms with Crippen LogP contribution in [0.1, 0.15) is 37.7 Å². The first-order chi connectivity index (χ1) is 11.2. The zero-order valence-electron chi connectivity index (χ0n) is 13.6. The van der Waals surface area contributed by atoms with Crippen molar-refractivity contribution >= 4 is 17.6 Å². The molecule has 0 radical (unpaired) electrons. The Hall–Kier alpha value is -1.26. The summed E-state index contributed by atoms with van der Waals surface area (Å²) in [6.07, 6.45) is 6.08. The Morgan fingerprint density at radius 3 is 2.52 bits per heavy atom. The molecule has 126 valence electrons. The molecule has 1 N–H and O–H groups in total. The average Bonchev–Trinajstić information content (AvgIpc) is 3.07. The van der Waals surface area contributed by atoms with E-state index in [1.165, 1.54) is 32.4 Å². The number of carbonyl (C=O) groups is 1. The molecule has 0 bridgehead atoms. The van der Waals surface area contributed by atoms with Gasteiger partial charge in [-0.15, -0.1) is 0 Å². The van der Waals surface area contributed by atoms with E-state index in [1.807, 2.05) is 24.3 Å². The van der Waals surface area contributed by atoms with Crippen LogP contribution in [0.15, 0.2) is 24.3 Å². The van der Waals surface area contributed by atoms with Crippen LogP contribution in [0.4, 0.5) is 4.79 Å². The summed E-state index contributed by atoms with van der Waals surface area (Å²) in [6, 6.07) is 8.08. The van der Waals surface area contributed by atoms with Crippen molar-refractivity contribution in [2.75, 3.05) is 26.2 Å². The number of piperidine rings is 1. The standard InChI is InChI=1S/C18H26ClN3O/c19-16-8-6-15(7-9-16)13-20-18(23)22-12-2-1-5-17(22)14-21-10-3-4-11-21/h6-9,17H,1-5,10-14H2,(H,20,23)/t17-/m0/s1. The van der Waals surface area contributed by atoms with E-state index in [0.29, 0.717) is 12.6 Å². The number of benzene rings is 1. The summed E-state index contributed by atoms with van der Waals surface area (Å²) >= 11 is 5.90. The number of likely N-dealkylation sites (tertiary alicyclic amines) is 2. The highest BCUT2D eigenvalue weighted by atomic mass is 35.5. The number of hydrogen-bond acceptors (Lipinski definition) is 2. The van der Waals surface area contributed by atoms with Crippen LogP contribution in [-0.4, -0.2) is 48.1 Å². The van der Waals surface area contributed by atoms with E-state index in [2.05, 4.69) is 15.1 Å². The number of nitrogens with zero attached hydrogens (tertiary/aromatic N) is 2. The van der Waals surface area contributed by atoms with Gasteiger partial charge < -0.3 is 15.1 Å². The molecule has 3 rings (SSSR count). The van der Waals surface area contributed by atoms with Gasteiger partial charge in [-0.2, -0.15) is 0 Å². The fourth-order valence-corrected chi connectivity index (χ4v) is 3.73. The molecule has 4 nitrogen and oxygen atoms in total. The van der Waals surface area contributed by atoms with E-state index in [1.54, 1.807) is 0 Å². The van der Waals surface area contributed by atoms with Gasteiger partial charge in [-0.05, 0) is 62.9 Å². The van der Waals surface area contributed by atoms with E-state index >= 15 is 0 Å². The molecule has 0 aromatic heterocycles. The number of carbonyl (C=O) groups excluding carboxylic acids is 1. The lowest BCUT2D eigenvalue weighted by molar-refractivity contribution is 0.127. The van der Waals surface area contributed by atoms with Crippen molar-refractivity contribution in [2.45, 2.75) is 44.7 Å². The van der Waals surface area contributed by atoms with Crippen LogP contribution in [0.25, 0.3) is 0 Å². The fraction of sp³-hybridized carbons (Fsp3) is 0.611. The van der Waals surface area contributed by atoms with Crippen molar-refractivity contribution in [3.05, 3.63) is 34.9 Å². The van der Waals surface area contributed by atoms with Gasteiger partial charge in [0.1, 0.15) is 0 Å². The maximum Gasteiger partial charge on any atom is 0.317 e. The van der Waals surface area contributed by atoms with E-state index in [0.717, 1.165) is 36.5 Å². The van der Waals surface area contributed by atoms with E-state index in [4.69, 9.17) is 11.6 Å². The highest BCUT2D eigenvalue weighted by Crippen LogP contribution is 2.20. The number of urea groups is 1. The molecule has 23 heavy (non-hydrogen) atoms. The second kappa shape index (κ2) is 8.02. The first-order valence-electron chi connectivity index (χ1n) is 8.73. The largest absolute Gasteiger partial charge is 0.334 e. The molecule has 1 aromatic carbocycles. The smallest absolute Gasteiger partial charge is 0.317 e. The van der Waals surface area contributed by atoms with Gasteiger partial charge in [-0.1, -0.05) is 23.7 Å². The molecular weight excluding hydrogens is 310 g/mol. The molecule has 1 atom stereocenters. The van der Waals surface area contributed by atoms with Crippen LogP contribution in [0.3, 0.4) is 0 Å². The van der Waals surface area contributed by atoms with E-state index < -0.39 is 0 Å². The summed E-state index contributed by atoms with van der Waals surface area (Å²) in [5.74, 6) is 0. The maximum atomic E-state index is 12.6. The van der Waals surface area contributed by atoms with Crippen LogP contribution >= 0.6 is 11.6 Å². The fourth-order valence-electron chi connectivity index (χ4n) is 3.60. The molecule has 0 spiro atoms. The second-order valence-electron chi connectivity index (χ2n) is 6.64. The third kappa shape index (κ3) is 4.61. The Morgan fingerprint density at radius 2 is 1.78 bits per heavy atom. The molecule has 5 heteroatoms. The van der Waals surface area contributed by atoms with Crippen LogP contribution in [0, 0.1) is 0 Å². The Bertz CT molecular complexity index is 514. The molecule has 0 aliphatic carbocycles. The zero-order chi connectivity index (χ0) is 16.1. The van der Waals surface area contributed by atoms with Gasteiger partial charge in [0.2, 0.25) is 0 Å². The Morgan fingerprint density at radius 1 is 1.09 bits per heavy atom. The minimum absolute atomic E-state index is 0.0730. The molecule has 0 unspecified atom stereocenters. The molecule has 2 heterocycles. The highest BCUT2D eigenvalue weighted by Gasteiger charge is 2.28. The van der Waals surface area contributed by atoms with Crippen molar-refractivity contribution in [1.82, 2.24) is 15.1 Å². The normalized spacial score (nSPS) is 22.3. The van der Waals surface area contributed by atoms with Gasteiger partial charge in [0.15, 0.2) is 0 Å². The summed E-state index contributed by atoms with van der Waals surface area (Å²) in [4.78, 5) is 17.2. The monoisotopic (exact) mass is 335 g/mol. The van der Waals surface area contributed by atoms with Gasteiger partial charge in [0.05, 0.1) is 0 Å².